The highest BCUT2D eigenvalue weighted by atomic mass is 35.5. The lowest BCUT2D eigenvalue weighted by Crippen LogP contribution is -2.13. The van der Waals surface area contributed by atoms with Crippen LogP contribution in [0.5, 0.6) is 0 Å². The summed E-state index contributed by atoms with van der Waals surface area (Å²) in [5.74, 6) is 0.486. The first kappa shape index (κ1) is 10.2. The highest BCUT2D eigenvalue weighted by molar-refractivity contribution is 7.18. The fraction of sp³-hybridized carbons (Fsp3) is 0.111. The first-order chi connectivity index (χ1) is 7.16. The SMILES string of the molecule is Cn1nccc1NC(=O)c1ccc(Cl)s1. The third-order valence-electron chi connectivity index (χ3n) is 1.86. The largest absolute Gasteiger partial charge is 0.306 e. The van der Waals surface area contributed by atoms with Crippen LogP contribution in [0.4, 0.5) is 5.82 Å². The van der Waals surface area contributed by atoms with Crippen LogP contribution in [0.2, 0.25) is 4.34 Å². The molecule has 0 saturated carbocycles. The zero-order chi connectivity index (χ0) is 10.8. The summed E-state index contributed by atoms with van der Waals surface area (Å²) in [5.41, 5.74) is 0. The van der Waals surface area contributed by atoms with Crippen molar-refractivity contribution in [2.24, 2.45) is 7.05 Å². The van der Waals surface area contributed by atoms with Gasteiger partial charge < -0.3 is 5.32 Å². The molecule has 0 aromatic carbocycles. The number of aryl methyl sites for hydroxylation is 1. The fourth-order valence-electron chi connectivity index (χ4n) is 1.11. The summed E-state index contributed by atoms with van der Waals surface area (Å²) in [6.45, 7) is 0. The molecule has 0 spiro atoms. The van der Waals surface area contributed by atoms with E-state index in [1.807, 2.05) is 0 Å². The van der Waals surface area contributed by atoms with E-state index in [-0.39, 0.29) is 5.91 Å². The highest BCUT2D eigenvalue weighted by Gasteiger charge is 2.10. The smallest absolute Gasteiger partial charge is 0.266 e. The van der Waals surface area contributed by atoms with Gasteiger partial charge in [-0.25, -0.2) is 0 Å². The number of nitrogens with one attached hydrogen (secondary N) is 1. The fourth-order valence-corrected chi connectivity index (χ4v) is 2.05. The number of hydrogen-bond acceptors (Lipinski definition) is 3. The molecule has 4 nitrogen and oxygen atoms in total. The van der Waals surface area contributed by atoms with E-state index in [4.69, 9.17) is 11.6 Å². The summed E-state index contributed by atoms with van der Waals surface area (Å²) in [5, 5.41) is 6.68. The van der Waals surface area contributed by atoms with Crippen LogP contribution in [0.1, 0.15) is 9.67 Å². The Morgan fingerprint density at radius 2 is 2.33 bits per heavy atom. The zero-order valence-corrected chi connectivity index (χ0v) is 9.47. The molecule has 2 aromatic rings. The Labute approximate surface area is 95.5 Å². The van der Waals surface area contributed by atoms with Crippen molar-refractivity contribution in [1.82, 2.24) is 9.78 Å². The number of hydrogen-bond donors (Lipinski definition) is 1. The van der Waals surface area contributed by atoms with Crippen molar-refractivity contribution in [3.63, 3.8) is 0 Å². The van der Waals surface area contributed by atoms with Gasteiger partial charge in [-0.05, 0) is 12.1 Å². The van der Waals surface area contributed by atoms with Crippen molar-refractivity contribution in [1.29, 1.82) is 0 Å². The van der Waals surface area contributed by atoms with E-state index in [9.17, 15) is 4.79 Å². The molecular weight excluding hydrogens is 234 g/mol. The zero-order valence-electron chi connectivity index (χ0n) is 7.90. The van der Waals surface area contributed by atoms with E-state index in [1.165, 1.54) is 11.3 Å². The minimum absolute atomic E-state index is 0.171. The monoisotopic (exact) mass is 241 g/mol. The molecular formula is C9H8ClN3OS. The molecule has 2 heterocycles. The summed E-state index contributed by atoms with van der Waals surface area (Å²) in [6.07, 6.45) is 1.62. The van der Waals surface area contributed by atoms with E-state index in [2.05, 4.69) is 10.4 Å². The molecule has 78 valence electrons. The van der Waals surface area contributed by atoms with Crippen molar-refractivity contribution in [2.75, 3.05) is 5.32 Å². The molecule has 2 aromatic heterocycles. The number of anilines is 1. The third-order valence-corrected chi connectivity index (χ3v) is 3.09. The molecule has 6 heteroatoms. The van der Waals surface area contributed by atoms with Gasteiger partial charge in [0.1, 0.15) is 5.82 Å². The molecule has 0 fully saturated rings. The maximum Gasteiger partial charge on any atom is 0.266 e. The number of thiophene rings is 1. The number of carbonyl (C=O) groups is 1. The lowest BCUT2D eigenvalue weighted by Gasteiger charge is -2.02. The van der Waals surface area contributed by atoms with Crippen molar-refractivity contribution in [2.45, 2.75) is 0 Å². The molecule has 1 amide bonds. The summed E-state index contributed by atoms with van der Waals surface area (Å²) < 4.78 is 2.19. The van der Waals surface area contributed by atoms with Gasteiger partial charge in [-0.2, -0.15) is 5.10 Å². The van der Waals surface area contributed by atoms with Gasteiger partial charge in [-0.3, -0.25) is 9.48 Å². The van der Waals surface area contributed by atoms with Crippen molar-refractivity contribution in [3.8, 4) is 0 Å². The van der Waals surface area contributed by atoms with E-state index in [0.717, 1.165) is 0 Å². The molecule has 15 heavy (non-hydrogen) atoms. The molecule has 0 saturated heterocycles. The second-order valence-electron chi connectivity index (χ2n) is 2.90. The normalized spacial score (nSPS) is 10.3. The minimum atomic E-state index is -0.171. The molecule has 1 N–H and O–H groups in total. The lowest BCUT2D eigenvalue weighted by molar-refractivity contribution is 0.102. The molecule has 0 radical (unpaired) electrons. The first-order valence-electron chi connectivity index (χ1n) is 4.21. The minimum Gasteiger partial charge on any atom is -0.306 e. The van der Waals surface area contributed by atoms with Gasteiger partial charge >= 0.3 is 0 Å². The molecule has 0 aliphatic carbocycles. The molecule has 2 rings (SSSR count). The van der Waals surface area contributed by atoms with Crippen LogP contribution in [0.25, 0.3) is 0 Å². The average Bonchev–Trinajstić information content (AvgIpc) is 2.77. The Bertz CT molecular complexity index is 491. The number of carbonyl (C=O) groups excluding carboxylic acids is 1. The van der Waals surface area contributed by atoms with Gasteiger partial charge in [0.05, 0.1) is 15.4 Å². The number of aromatic nitrogens is 2. The standard InChI is InChI=1S/C9H8ClN3OS/c1-13-8(4-5-11-13)12-9(14)6-2-3-7(10)15-6/h2-5H,1H3,(H,12,14). The van der Waals surface area contributed by atoms with Crippen molar-refractivity contribution >= 4 is 34.7 Å². The van der Waals surface area contributed by atoms with E-state index in [1.54, 1.807) is 36.1 Å². The van der Waals surface area contributed by atoms with Crippen molar-refractivity contribution < 1.29 is 4.79 Å². The number of nitrogens with zero attached hydrogens (tertiary/aromatic N) is 2. The Balaban J connectivity index is 2.14. The highest BCUT2D eigenvalue weighted by Crippen LogP contribution is 2.22. The Morgan fingerprint density at radius 1 is 1.53 bits per heavy atom. The Hall–Kier alpha value is -1.33. The summed E-state index contributed by atoms with van der Waals surface area (Å²) in [4.78, 5) is 12.3. The van der Waals surface area contributed by atoms with Crippen LogP contribution < -0.4 is 5.32 Å². The number of halogens is 1. The maximum atomic E-state index is 11.7. The van der Waals surface area contributed by atoms with E-state index < -0.39 is 0 Å². The Kier molecular flexibility index (Phi) is 2.75. The maximum absolute atomic E-state index is 11.7. The van der Waals surface area contributed by atoms with Gasteiger partial charge in [-0.15, -0.1) is 11.3 Å². The van der Waals surface area contributed by atoms with Gasteiger partial charge in [0.15, 0.2) is 0 Å². The predicted molar refractivity (Wildman–Crippen MR) is 60.5 cm³/mol. The first-order valence-corrected chi connectivity index (χ1v) is 5.41. The van der Waals surface area contributed by atoms with Gasteiger partial charge in [-0.1, -0.05) is 11.6 Å². The van der Waals surface area contributed by atoms with Crippen LogP contribution in [-0.2, 0) is 7.05 Å². The molecule has 0 aliphatic rings. The van der Waals surface area contributed by atoms with Crippen LogP contribution >= 0.6 is 22.9 Å². The second kappa shape index (κ2) is 4.04. The van der Waals surface area contributed by atoms with Crippen LogP contribution in [0.3, 0.4) is 0 Å². The molecule has 0 unspecified atom stereocenters. The lowest BCUT2D eigenvalue weighted by atomic mass is 10.4. The molecule has 0 atom stereocenters. The van der Waals surface area contributed by atoms with E-state index >= 15 is 0 Å². The van der Waals surface area contributed by atoms with Crippen LogP contribution in [-0.4, -0.2) is 15.7 Å². The molecule has 0 aliphatic heterocycles. The van der Waals surface area contributed by atoms with Gasteiger partial charge in [0, 0.05) is 13.1 Å². The summed E-state index contributed by atoms with van der Waals surface area (Å²) in [6, 6.07) is 5.12. The molecule has 0 bridgehead atoms. The van der Waals surface area contributed by atoms with Crippen LogP contribution in [0.15, 0.2) is 24.4 Å². The quantitative estimate of drug-likeness (QED) is 0.878. The van der Waals surface area contributed by atoms with Gasteiger partial charge in [0.2, 0.25) is 0 Å². The predicted octanol–water partition coefficient (Wildman–Crippen LogP) is 2.39. The topological polar surface area (TPSA) is 46.9 Å². The van der Waals surface area contributed by atoms with Crippen LogP contribution in [0, 0.1) is 0 Å². The van der Waals surface area contributed by atoms with Crippen molar-refractivity contribution in [3.05, 3.63) is 33.6 Å². The number of rotatable bonds is 2. The Morgan fingerprint density at radius 3 is 2.87 bits per heavy atom. The van der Waals surface area contributed by atoms with E-state index in [0.29, 0.717) is 15.0 Å². The average molecular weight is 242 g/mol. The van der Waals surface area contributed by atoms with Gasteiger partial charge in [0.25, 0.3) is 5.91 Å². The third kappa shape index (κ3) is 2.19. The summed E-state index contributed by atoms with van der Waals surface area (Å²) >= 11 is 6.99. The number of amides is 1. The summed E-state index contributed by atoms with van der Waals surface area (Å²) in [7, 11) is 1.76. The second-order valence-corrected chi connectivity index (χ2v) is 4.61.